The van der Waals surface area contributed by atoms with Gasteiger partial charge in [-0.2, -0.15) is 13.2 Å². The van der Waals surface area contributed by atoms with Crippen molar-refractivity contribution in [2.45, 2.75) is 11.2 Å². The molecule has 1 aliphatic rings. The second-order valence-electron chi connectivity index (χ2n) is 6.85. The van der Waals surface area contributed by atoms with Crippen LogP contribution in [0.15, 0.2) is 53.6 Å². The zero-order valence-corrected chi connectivity index (χ0v) is 17.2. The summed E-state index contributed by atoms with van der Waals surface area (Å²) in [5.74, 6) is 0.110. The van der Waals surface area contributed by atoms with Crippen molar-refractivity contribution >= 4 is 39.9 Å². The molecule has 1 aromatic heterocycles. The molecule has 0 atom stereocenters. The number of benzene rings is 2. The normalized spacial score (nSPS) is 14.6. The molecule has 10 heteroatoms. The number of carbonyl (C=O) groups excluding carboxylic acids is 1. The van der Waals surface area contributed by atoms with Gasteiger partial charge in [0.15, 0.2) is 5.82 Å². The Hall–Kier alpha value is -2.85. The molecule has 1 aliphatic heterocycles. The van der Waals surface area contributed by atoms with E-state index in [2.05, 4.69) is 20.4 Å². The van der Waals surface area contributed by atoms with Gasteiger partial charge in [0.05, 0.1) is 30.2 Å². The van der Waals surface area contributed by atoms with Crippen molar-refractivity contribution in [2.75, 3.05) is 42.3 Å². The third-order valence-corrected chi connectivity index (χ3v) is 5.77. The van der Waals surface area contributed by atoms with Gasteiger partial charge in [-0.05, 0) is 12.1 Å². The molecule has 31 heavy (non-hydrogen) atoms. The van der Waals surface area contributed by atoms with Gasteiger partial charge in [0.25, 0.3) is 0 Å². The van der Waals surface area contributed by atoms with Crippen LogP contribution in [-0.2, 0) is 15.7 Å². The van der Waals surface area contributed by atoms with Crippen molar-refractivity contribution in [3.63, 3.8) is 0 Å². The number of hydrogen-bond donors (Lipinski definition) is 1. The van der Waals surface area contributed by atoms with E-state index in [0.29, 0.717) is 31.3 Å². The van der Waals surface area contributed by atoms with E-state index in [1.54, 1.807) is 0 Å². The van der Waals surface area contributed by atoms with Crippen LogP contribution in [0.25, 0.3) is 10.8 Å². The molecule has 0 aliphatic carbocycles. The summed E-state index contributed by atoms with van der Waals surface area (Å²) >= 11 is 1.14. The molecular weight excluding hydrogens is 429 g/mol. The van der Waals surface area contributed by atoms with Crippen molar-refractivity contribution in [1.29, 1.82) is 0 Å². The Labute approximate surface area is 180 Å². The van der Waals surface area contributed by atoms with Crippen molar-refractivity contribution in [3.8, 4) is 0 Å². The van der Waals surface area contributed by atoms with Crippen molar-refractivity contribution in [1.82, 2.24) is 10.2 Å². The fourth-order valence-electron chi connectivity index (χ4n) is 3.34. The number of anilines is 2. The number of para-hydroxylation sites is 1. The molecule has 1 amide bonds. The first-order valence-electron chi connectivity index (χ1n) is 9.60. The van der Waals surface area contributed by atoms with Crippen LogP contribution in [-0.4, -0.2) is 48.2 Å². The van der Waals surface area contributed by atoms with Gasteiger partial charge in [0.2, 0.25) is 5.91 Å². The second kappa shape index (κ2) is 9.11. The van der Waals surface area contributed by atoms with Gasteiger partial charge in [-0.3, -0.25) is 4.79 Å². The highest BCUT2D eigenvalue weighted by Crippen LogP contribution is 2.35. The largest absolute Gasteiger partial charge is 0.418 e. The van der Waals surface area contributed by atoms with Crippen LogP contribution in [0.3, 0.4) is 0 Å². The molecule has 1 saturated heterocycles. The molecule has 6 nitrogen and oxygen atoms in total. The van der Waals surface area contributed by atoms with Crippen LogP contribution in [0.5, 0.6) is 0 Å². The first kappa shape index (κ1) is 21.4. The minimum absolute atomic E-state index is 0.0955. The van der Waals surface area contributed by atoms with Crippen molar-refractivity contribution in [2.24, 2.45) is 0 Å². The van der Waals surface area contributed by atoms with E-state index in [1.165, 1.54) is 18.2 Å². The van der Waals surface area contributed by atoms with E-state index in [9.17, 15) is 18.0 Å². The van der Waals surface area contributed by atoms with Gasteiger partial charge in [-0.15, -0.1) is 10.2 Å². The molecule has 0 spiro atoms. The number of hydrogen-bond acceptors (Lipinski definition) is 6. The predicted molar refractivity (Wildman–Crippen MR) is 113 cm³/mol. The number of alkyl halides is 3. The average Bonchev–Trinajstić information content (AvgIpc) is 2.77. The number of nitrogens with zero attached hydrogens (tertiary/aromatic N) is 3. The average molecular weight is 448 g/mol. The Morgan fingerprint density at radius 3 is 2.45 bits per heavy atom. The maximum atomic E-state index is 13.1. The van der Waals surface area contributed by atoms with Crippen LogP contribution >= 0.6 is 11.8 Å². The van der Waals surface area contributed by atoms with E-state index in [4.69, 9.17) is 4.74 Å². The SMILES string of the molecule is O=C(CSc1nnc(N2CCOCC2)c2ccccc12)Nc1ccccc1C(F)(F)F. The Morgan fingerprint density at radius 2 is 1.71 bits per heavy atom. The molecule has 0 bridgehead atoms. The minimum atomic E-state index is -4.55. The molecule has 2 aromatic carbocycles. The molecule has 0 unspecified atom stereocenters. The number of halogens is 3. The van der Waals surface area contributed by atoms with Crippen LogP contribution in [0.4, 0.5) is 24.7 Å². The van der Waals surface area contributed by atoms with Crippen molar-refractivity contribution in [3.05, 3.63) is 54.1 Å². The maximum Gasteiger partial charge on any atom is 0.418 e. The molecule has 3 aromatic rings. The minimum Gasteiger partial charge on any atom is -0.378 e. The second-order valence-corrected chi connectivity index (χ2v) is 7.82. The summed E-state index contributed by atoms with van der Waals surface area (Å²) < 4.78 is 44.8. The molecule has 0 radical (unpaired) electrons. The predicted octanol–water partition coefficient (Wildman–Crippen LogP) is 4.22. The molecule has 162 valence electrons. The van der Waals surface area contributed by atoms with E-state index < -0.39 is 17.6 Å². The first-order chi connectivity index (χ1) is 14.9. The number of ether oxygens (including phenoxy) is 1. The lowest BCUT2D eigenvalue weighted by atomic mass is 10.1. The third-order valence-electron chi connectivity index (χ3n) is 4.79. The fourth-order valence-corrected chi connectivity index (χ4v) is 4.11. The number of thioether (sulfide) groups is 1. The summed E-state index contributed by atoms with van der Waals surface area (Å²) in [7, 11) is 0. The standard InChI is InChI=1S/C21H19F3N4O2S/c22-21(23,24)16-7-3-4-8-17(16)25-18(29)13-31-20-15-6-2-1-5-14(15)19(26-27-20)28-9-11-30-12-10-28/h1-8H,9-13H2,(H,25,29). The highest BCUT2D eigenvalue weighted by Gasteiger charge is 2.33. The number of amides is 1. The third kappa shape index (κ3) is 4.91. The first-order valence-corrected chi connectivity index (χ1v) is 10.6. The zero-order chi connectivity index (χ0) is 21.8. The fraction of sp³-hybridized carbons (Fsp3) is 0.286. The number of morpholine rings is 1. The molecular formula is C21H19F3N4O2S. The van der Waals surface area contributed by atoms with Crippen LogP contribution < -0.4 is 10.2 Å². The van der Waals surface area contributed by atoms with E-state index in [0.717, 1.165) is 34.4 Å². The van der Waals surface area contributed by atoms with Crippen molar-refractivity contribution < 1.29 is 22.7 Å². The van der Waals surface area contributed by atoms with E-state index in [-0.39, 0.29) is 11.4 Å². The lowest BCUT2D eigenvalue weighted by Crippen LogP contribution is -2.37. The smallest absolute Gasteiger partial charge is 0.378 e. The van der Waals surface area contributed by atoms with Gasteiger partial charge in [0, 0.05) is 23.9 Å². The summed E-state index contributed by atoms with van der Waals surface area (Å²) in [6, 6.07) is 12.5. The Morgan fingerprint density at radius 1 is 1.03 bits per heavy atom. The number of aromatic nitrogens is 2. The highest BCUT2D eigenvalue weighted by molar-refractivity contribution is 8.00. The Kier molecular flexibility index (Phi) is 6.28. The molecule has 1 N–H and O–H groups in total. The van der Waals surface area contributed by atoms with Gasteiger partial charge >= 0.3 is 6.18 Å². The van der Waals surface area contributed by atoms with Gasteiger partial charge in [-0.25, -0.2) is 0 Å². The lowest BCUT2D eigenvalue weighted by molar-refractivity contribution is -0.137. The van der Waals surface area contributed by atoms with Crippen LogP contribution in [0.1, 0.15) is 5.56 Å². The topological polar surface area (TPSA) is 67.4 Å². The number of fused-ring (bicyclic) bond motifs is 1. The molecule has 0 saturated carbocycles. The van der Waals surface area contributed by atoms with Crippen LogP contribution in [0.2, 0.25) is 0 Å². The number of carbonyl (C=O) groups is 1. The maximum absolute atomic E-state index is 13.1. The molecule has 4 rings (SSSR count). The Balaban J connectivity index is 1.50. The quantitative estimate of drug-likeness (QED) is 0.590. The number of nitrogens with one attached hydrogen (secondary N) is 1. The van der Waals surface area contributed by atoms with E-state index in [1.807, 2.05) is 24.3 Å². The molecule has 1 fully saturated rings. The van der Waals surface area contributed by atoms with Gasteiger partial charge in [-0.1, -0.05) is 48.2 Å². The van der Waals surface area contributed by atoms with Gasteiger partial charge < -0.3 is 15.0 Å². The highest BCUT2D eigenvalue weighted by atomic mass is 32.2. The summed E-state index contributed by atoms with van der Waals surface area (Å²) in [5.41, 5.74) is -1.15. The lowest BCUT2D eigenvalue weighted by Gasteiger charge is -2.28. The summed E-state index contributed by atoms with van der Waals surface area (Å²) in [6.07, 6.45) is -4.55. The molecule has 2 heterocycles. The van der Waals surface area contributed by atoms with Crippen LogP contribution in [0, 0.1) is 0 Å². The monoisotopic (exact) mass is 448 g/mol. The Bertz CT molecular complexity index is 1090. The van der Waals surface area contributed by atoms with Gasteiger partial charge in [0.1, 0.15) is 5.03 Å². The number of rotatable bonds is 5. The summed E-state index contributed by atoms with van der Waals surface area (Å²) in [4.78, 5) is 14.5. The summed E-state index contributed by atoms with van der Waals surface area (Å²) in [5, 5.41) is 13.3. The summed E-state index contributed by atoms with van der Waals surface area (Å²) in [6.45, 7) is 2.66. The zero-order valence-electron chi connectivity index (χ0n) is 16.4. The van der Waals surface area contributed by atoms with E-state index >= 15 is 0 Å².